The molecular weight excluding hydrogens is 430 g/mol. The number of ketones is 1. The molecular formula is C32H33NO2. The first-order chi connectivity index (χ1) is 17.2. The first-order valence-electron chi connectivity index (χ1n) is 12.8. The standard InChI is InChI=1S/C32H33NO2/c34-30(19-11-10-14-25-12-4-1-5-13-25)32(27-17-8-3-9-18-27)20-22-33(23-21-32)31(35)29-24-28(29)26-15-6-2-7-16-26/h1-9,11-13,15-19,28-29H,10,14,20-24H2/b19-11+. The molecule has 0 aromatic heterocycles. The number of likely N-dealkylation sites (tertiary alicyclic amines) is 1. The Kier molecular flexibility index (Phi) is 6.94. The summed E-state index contributed by atoms with van der Waals surface area (Å²) in [6.07, 6.45) is 7.86. The van der Waals surface area contributed by atoms with Crippen molar-refractivity contribution in [2.24, 2.45) is 5.92 Å². The molecule has 178 valence electrons. The Morgan fingerprint density at radius 1 is 0.829 bits per heavy atom. The average Bonchev–Trinajstić information content (AvgIpc) is 3.73. The molecule has 1 amide bonds. The fraction of sp³-hybridized carbons (Fsp3) is 0.312. The van der Waals surface area contributed by atoms with Gasteiger partial charge in [0.15, 0.2) is 5.78 Å². The highest BCUT2D eigenvalue weighted by Gasteiger charge is 2.48. The van der Waals surface area contributed by atoms with E-state index in [2.05, 4.69) is 36.4 Å². The van der Waals surface area contributed by atoms with Crippen molar-refractivity contribution in [3.05, 3.63) is 120 Å². The van der Waals surface area contributed by atoms with E-state index in [0.29, 0.717) is 31.8 Å². The lowest BCUT2D eigenvalue weighted by molar-refractivity contribution is -0.136. The molecule has 1 aliphatic carbocycles. The zero-order chi connectivity index (χ0) is 24.1. The van der Waals surface area contributed by atoms with Crippen molar-refractivity contribution < 1.29 is 9.59 Å². The van der Waals surface area contributed by atoms with Crippen LogP contribution in [0.5, 0.6) is 0 Å². The quantitative estimate of drug-likeness (QED) is 0.378. The number of benzene rings is 3. The van der Waals surface area contributed by atoms with Gasteiger partial charge in [0.05, 0.1) is 5.41 Å². The Morgan fingerprint density at radius 3 is 2.09 bits per heavy atom. The van der Waals surface area contributed by atoms with Gasteiger partial charge in [-0.05, 0) is 60.8 Å². The fourth-order valence-electron chi connectivity index (χ4n) is 5.56. The molecule has 1 aliphatic heterocycles. The summed E-state index contributed by atoms with van der Waals surface area (Å²) in [6, 6.07) is 30.9. The van der Waals surface area contributed by atoms with E-state index in [1.54, 1.807) is 6.08 Å². The van der Waals surface area contributed by atoms with Crippen LogP contribution in [0.15, 0.2) is 103 Å². The van der Waals surface area contributed by atoms with E-state index in [1.165, 1.54) is 11.1 Å². The van der Waals surface area contributed by atoms with E-state index in [9.17, 15) is 9.59 Å². The molecule has 2 aliphatic rings. The molecule has 5 rings (SSSR count). The topological polar surface area (TPSA) is 37.4 Å². The first kappa shape index (κ1) is 23.3. The smallest absolute Gasteiger partial charge is 0.226 e. The van der Waals surface area contributed by atoms with Gasteiger partial charge in [-0.2, -0.15) is 0 Å². The van der Waals surface area contributed by atoms with Gasteiger partial charge in [-0.25, -0.2) is 0 Å². The normalized spacial score (nSPS) is 21.1. The second-order valence-corrected chi connectivity index (χ2v) is 9.92. The summed E-state index contributed by atoms with van der Waals surface area (Å²) in [7, 11) is 0. The van der Waals surface area contributed by atoms with Crippen molar-refractivity contribution >= 4 is 11.7 Å². The third-order valence-electron chi connectivity index (χ3n) is 7.77. The van der Waals surface area contributed by atoms with Gasteiger partial charge in [0.2, 0.25) is 5.91 Å². The molecule has 2 atom stereocenters. The van der Waals surface area contributed by atoms with Crippen molar-refractivity contribution in [1.29, 1.82) is 0 Å². The number of hydrogen-bond acceptors (Lipinski definition) is 2. The second-order valence-electron chi connectivity index (χ2n) is 9.92. The van der Waals surface area contributed by atoms with Crippen LogP contribution in [0.3, 0.4) is 0 Å². The lowest BCUT2D eigenvalue weighted by Gasteiger charge is -2.41. The summed E-state index contributed by atoms with van der Waals surface area (Å²) < 4.78 is 0. The van der Waals surface area contributed by atoms with E-state index < -0.39 is 5.41 Å². The van der Waals surface area contributed by atoms with E-state index >= 15 is 0 Å². The monoisotopic (exact) mass is 463 g/mol. The Bertz CT molecular complexity index is 1160. The molecule has 0 spiro atoms. The van der Waals surface area contributed by atoms with E-state index in [1.807, 2.05) is 65.6 Å². The molecule has 1 heterocycles. The van der Waals surface area contributed by atoms with E-state index in [-0.39, 0.29) is 17.6 Å². The summed E-state index contributed by atoms with van der Waals surface area (Å²) in [4.78, 5) is 28.8. The molecule has 2 unspecified atom stereocenters. The van der Waals surface area contributed by atoms with Crippen molar-refractivity contribution in [3.8, 4) is 0 Å². The maximum atomic E-state index is 13.6. The molecule has 3 heteroatoms. The van der Waals surface area contributed by atoms with Crippen LogP contribution in [0.4, 0.5) is 0 Å². The molecule has 0 N–H and O–H groups in total. The Labute approximate surface area is 208 Å². The van der Waals surface area contributed by atoms with Gasteiger partial charge >= 0.3 is 0 Å². The zero-order valence-electron chi connectivity index (χ0n) is 20.2. The van der Waals surface area contributed by atoms with Crippen LogP contribution in [0, 0.1) is 5.92 Å². The fourth-order valence-corrected chi connectivity index (χ4v) is 5.56. The second kappa shape index (κ2) is 10.4. The van der Waals surface area contributed by atoms with Crippen molar-refractivity contribution in [1.82, 2.24) is 4.90 Å². The minimum atomic E-state index is -0.552. The van der Waals surface area contributed by atoms with E-state index in [4.69, 9.17) is 0 Å². The molecule has 1 saturated carbocycles. The minimum Gasteiger partial charge on any atom is -0.342 e. The number of hydrogen-bond donors (Lipinski definition) is 0. The maximum absolute atomic E-state index is 13.6. The minimum absolute atomic E-state index is 0.0928. The maximum Gasteiger partial charge on any atom is 0.226 e. The summed E-state index contributed by atoms with van der Waals surface area (Å²) in [6.45, 7) is 1.27. The number of piperidine rings is 1. The van der Waals surface area contributed by atoms with Crippen LogP contribution in [0.25, 0.3) is 0 Å². The predicted molar refractivity (Wildman–Crippen MR) is 140 cm³/mol. The molecule has 3 aromatic carbocycles. The number of nitrogens with zero attached hydrogens (tertiary/aromatic N) is 1. The molecule has 3 nitrogen and oxygen atoms in total. The predicted octanol–water partition coefficient (Wildman–Crippen LogP) is 6.11. The van der Waals surface area contributed by atoms with Gasteiger partial charge in [0.1, 0.15) is 0 Å². The number of carbonyl (C=O) groups excluding carboxylic acids is 2. The van der Waals surface area contributed by atoms with Crippen molar-refractivity contribution in [2.75, 3.05) is 13.1 Å². The van der Waals surface area contributed by atoms with Gasteiger partial charge < -0.3 is 4.90 Å². The molecule has 0 bridgehead atoms. The molecule has 1 saturated heterocycles. The number of aryl methyl sites for hydroxylation is 1. The summed E-state index contributed by atoms with van der Waals surface area (Å²) >= 11 is 0. The largest absolute Gasteiger partial charge is 0.342 e. The van der Waals surface area contributed by atoms with Gasteiger partial charge in [0, 0.05) is 19.0 Å². The highest BCUT2D eigenvalue weighted by molar-refractivity contribution is 5.99. The summed E-state index contributed by atoms with van der Waals surface area (Å²) in [5.41, 5.74) is 3.06. The van der Waals surface area contributed by atoms with Gasteiger partial charge in [-0.3, -0.25) is 9.59 Å². The van der Waals surface area contributed by atoms with Crippen LogP contribution >= 0.6 is 0 Å². The number of rotatable bonds is 8. The molecule has 0 radical (unpaired) electrons. The van der Waals surface area contributed by atoms with Gasteiger partial charge in [0.25, 0.3) is 0 Å². The first-order valence-corrected chi connectivity index (χ1v) is 12.8. The lowest BCUT2D eigenvalue weighted by atomic mass is 9.69. The number of amides is 1. The lowest BCUT2D eigenvalue weighted by Crippen LogP contribution is -2.49. The molecule has 35 heavy (non-hydrogen) atoms. The third kappa shape index (κ3) is 5.14. The number of allylic oxidation sites excluding steroid dienone is 2. The average molecular weight is 464 g/mol. The Morgan fingerprint density at radius 2 is 1.43 bits per heavy atom. The van der Waals surface area contributed by atoms with Crippen molar-refractivity contribution in [3.63, 3.8) is 0 Å². The Hall–Kier alpha value is -3.46. The van der Waals surface area contributed by atoms with Gasteiger partial charge in [-0.1, -0.05) is 97.1 Å². The summed E-state index contributed by atoms with van der Waals surface area (Å²) in [5, 5.41) is 0. The van der Waals surface area contributed by atoms with Crippen LogP contribution < -0.4 is 0 Å². The molecule has 3 aromatic rings. The third-order valence-corrected chi connectivity index (χ3v) is 7.77. The van der Waals surface area contributed by atoms with Crippen LogP contribution in [0.2, 0.25) is 0 Å². The van der Waals surface area contributed by atoms with Crippen LogP contribution in [-0.2, 0) is 21.4 Å². The van der Waals surface area contributed by atoms with E-state index in [0.717, 1.165) is 24.8 Å². The van der Waals surface area contributed by atoms with Gasteiger partial charge in [-0.15, -0.1) is 0 Å². The van der Waals surface area contributed by atoms with Crippen LogP contribution in [0.1, 0.15) is 48.3 Å². The zero-order valence-corrected chi connectivity index (χ0v) is 20.2. The van der Waals surface area contributed by atoms with Crippen LogP contribution in [-0.4, -0.2) is 29.7 Å². The van der Waals surface area contributed by atoms with Crippen molar-refractivity contribution in [2.45, 2.75) is 43.4 Å². The summed E-state index contributed by atoms with van der Waals surface area (Å²) in [5.74, 6) is 0.859. The number of carbonyl (C=O) groups is 2. The Balaban J connectivity index is 1.24. The SMILES string of the molecule is O=C(C1CC1c1ccccc1)N1CCC(C(=O)/C=C/CCc2ccccc2)(c2ccccc2)CC1. The highest BCUT2D eigenvalue weighted by Crippen LogP contribution is 2.49. The highest BCUT2D eigenvalue weighted by atomic mass is 16.2. The molecule has 2 fully saturated rings.